The number of piperidine rings is 1. The molecule has 3 aliphatic rings. The highest BCUT2D eigenvalue weighted by atomic mass is 19.1. The first-order valence-corrected chi connectivity index (χ1v) is 10.4. The summed E-state index contributed by atoms with van der Waals surface area (Å²) >= 11 is 0. The third-order valence-corrected chi connectivity index (χ3v) is 6.03. The molecule has 3 saturated heterocycles. The van der Waals surface area contributed by atoms with Crippen molar-refractivity contribution in [3.05, 3.63) is 35.6 Å². The van der Waals surface area contributed by atoms with Gasteiger partial charge < -0.3 is 24.6 Å². The fourth-order valence-electron chi connectivity index (χ4n) is 4.36. The maximum Gasteiger partial charge on any atom is 0.317 e. The number of hydrogen-bond donors (Lipinski definition) is 1. The van der Waals surface area contributed by atoms with Gasteiger partial charge in [-0.15, -0.1) is 0 Å². The number of carbonyl (C=O) groups is 1. The van der Waals surface area contributed by atoms with Gasteiger partial charge in [0.05, 0.1) is 19.8 Å². The van der Waals surface area contributed by atoms with Crippen LogP contribution >= 0.6 is 0 Å². The Kier molecular flexibility index (Phi) is 6.44. The van der Waals surface area contributed by atoms with Crippen LogP contribution in [0.15, 0.2) is 24.3 Å². The molecule has 0 aromatic heterocycles. The second-order valence-electron chi connectivity index (χ2n) is 8.11. The highest BCUT2D eigenvalue weighted by Gasteiger charge is 2.29. The zero-order valence-electron chi connectivity index (χ0n) is 16.3. The van der Waals surface area contributed by atoms with Crippen LogP contribution < -0.4 is 5.32 Å². The molecular formula is C21H30FN3O3. The molecule has 1 N–H and O–H groups in total. The largest absolute Gasteiger partial charge is 0.381 e. The second kappa shape index (κ2) is 9.20. The van der Waals surface area contributed by atoms with E-state index in [4.69, 9.17) is 9.47 Å². The molecular weight excluding hydrogens is 361 g/mol. The number of amides is 2. The van der Waals surface area contributed by atoms with Gasteiger partial charge in [-0.05, 0) is 42.9 Å². The smallest absolute Gasteiger partial charge is 0.317 e. The standard InChI is InChI=1S/C21H30FN3O3/c22-18-3-1-2-17(12-18)20-14-25(9-11-28-20)21(26)23-19-4-7-24(8-5-19)13-16-6-10-27-15-16/h1-3,12,16,19-20H,4-11,13-15H2,(H,23,26). The van der Waals surface area contributed by atoms with Crippen molar-refractivity contribution < 1.29 is 18.7 Å². The lowest BCUT2D eigenvalue weighted by Gasteiger charge is -2.37. The van der Waals surface area contributed by atoms with Gasteiger partial charge in [0.2, 0.25) is 0 Å². The average molecular weight is 391 g/mol. The van der Waals surface area contributed by atoms with Crippen molar-refractivity contribution in [2.75, 3.05) is 52.5 Å². The molecule has 1 aromatic carbocycles. The molecule has 6 nitrogen and oxygen atoms in total. The molecule has 1 aromatic rings. The van der Waals surface area contributed by atoms with Crippen LogP contribution in [-0.4, -0.2) is 74.4 Å². The Balaban J connectivity index is 1.23. The molecule has 2 atom stereocenters. The summed E-state index contributed by atoms with van der Waals surface area (Å²) in [5.41, 5.74) is 0.779. The van der Waals surface area contributed by atoms with E-state index < -0.39 is 0 Å². The molecule has 7 heteroatoms. The fourth-order valence-corrected chi connectivity index (χ4v) is 4.36. The molecule has 28 heavy (non-hydrogen) atoms. The van der Waals surface area contributed by atoms with E-state index in [1.165, 1.54) is 18.6 Å². The lowest BCUT2D eigenvalue weighted by Crippen LogP contribution is -2.52. The minimum absolute atomic E-state index is 0.0349. The van der Waals surface area contributed by atoms with Crippen LogP contribution in [0.3, 0.4) is 0 Å². The van der Waals surface area contributed by atoms with Gasteiger partial charge in [-0.1, -0.05) is 12.1 Å². The van der Waals surface area contributed by atoms with Crippen molar-refractivity contribution in [2.24, 2.45) is 5.92 Å². The average Bonchev–Trinajstić information content (AvgIpc) is 3.23. The summed E-state index contributed by atoms with van der Waals surface area (Å²) in [5, 5.41) is 3.19. The third kappa shape index (κ3) is 5.01. The molecule has 0 saturated carbocycles. The molecule has 0 aliphatic carbocycles. The van der Waals surface area contributed by atoms with Crippen LogP contribution in [0.5, 0.6) is 0 Å². The quantitative estimate of drug-likeness (QED) is 0.857. The van der Waals surface area contributed by atoms with E-state index in [0.29, 0.717) is 25.6 Å². The van der Waals surface area contributed by atoms with Crippen molar-refractivity contribution in [3.63, 3.8) is 0 Å². The number of nitrogens with zero attached hydrogens (tertiary/aromatic N) is 2. The number of morpholine rings is 1. The first-order chi connectivity index (χ1) is 13.7. The first-order valence-electron chi connectivity index (χ1n) is 10.4. The number of hydrogen-bond acceptors (Lipinski definition) is 4. The first kappa shape index (κ1) is 19.6. The summed E-state index contributed by atoms with van der Waals surface area (Å²) in [6, 6.07) is 6.62. The molecule has 154 valence electrons. The predicted octanol–water partition coefficient (Wildman–Crippen LogP) is 2.41. The maximum atomic E-state index is 13.5. The number of halogens is 1. The van der Waals surface area contributed by atoms with Gasteiger partial charge in [-0.3, -0.25) is 0 Å². The summed E-state index contributed by atoms with van der Waals surface area (Å²) in [5.74, 6) is 0.387. The molecule has 2 unspecified atom stereocenters. The highest BCUT2D eigenvalue weighted by molar-refractivity contribution is 5.74. The van der Waals surface area contributed by atoms with Crippen LogP contribution in [-0.2, 0) is 9.47 Å². The number of benzene rings is 1. The molecule has 3 aliphatic heterocycles. The number of nitrogens with one attached hydrogen (secondary N) is 1. The minimum atomic E-state index is -0.279. The molecule has 0 spiro atoms. The predicted molar refractivity (Wildman–Crippen MR) is 104 cm³/mol. The van der Waals surface area contributed by atoms with Gasteiger partial charge in [0.15, 0.2) is 0 Å². The maximum absolute atomic E-state index is 13.5. The Morgan fingerprint density at radius 1 is 1.18 bits per heavy atom. The van der Waals surface area contributed by atoms with Gasteiger partial charge in [-0.2, -0.15) is 0 Å². The van der Waals surface area contributed by atoms with Crippen LogP contribution in [0, 0.1) is 11.7 Å². The summed E-state index contributed by atoms with van der Waals surface area (Å²) in [4.78, 5) is 17.0. The van der Waals surface area contributed by atoms with E-state index in [-0.39, 0.29) is 24.0 Å². The van der Waals surface area contributed by atoms with Gasteiger partial charge >= 0.3 is 6.03 Å². The van der Waals surface area contributed by atoms with Crippen LogP contribution in [0.2, 0.25) is 0 Å². The summed E-state index contributed by atoms with van der Waals surface area (Å²) in [7, 11) is 0. The van der Waals surface area contributed by atoms with Crippen LogP contribution in [0.25, 0.3) is 0 Å². The van der Waals surface area contributed by atoms with Crippen LogP contribution in [0.1, 0.15) is 30.9 Å². The van der Waals surface area contributed by atoms with E-state index in [9.17, 15) is 9.18 Å². The molecule has 0 radical (unpaired) electrons. The van der Waals surface area contributed by atoms with E-state index in [1.54, 1.807) is 11.0 Å². The van der Waals surface area contributed by atoms with Gasteiger partial charge in [0.25, 0.3) is 0 Å². The number of carbonyl (C=O) groups excluding carboxylic acids is 1. The third-order valence-electron chi connectivity index (χ3n) is 6.03. The fraction of sp³-hybridized carbons (Fsp3) is 0.667. The molecule has 3 fully saturated rings. The molecule has 2 amide bonds. The lowest BCUT2D eigenvalue weighted by molar-refractivity contribution is -0.0162. The Morgan fingerprint density at radius 3 is 2.79 bits per heavy atom. The Hall–Kier alpha value is -1.70. The van der Waals surface area contributed by atoms with E-state index in [1.807, 2.05) is 6.07 Å². The van der Waals surface area contributed by atoms with Crippen molar-refractivity contribution in [2.45, 2.75) is 31.4 Å². The topological polar surface area (TPSA) is 54.0 Å². The molecule has 0 bridgehead atoms. The van der Waals surface area contributed by atoms with E-state index >= 15 is 0 Å². The van der Waals surface area contributed by atoms with Crippen LogP contribution in [0.4, 0.5) is 9.18 Å². The van der Waals surface area contributed by atoms with Crippen molar-refractivity contribution in [1.29, 1.82) is 0 Å². The highest BCUT2D eigenvalue weighted by Crippen LogP contribution is 2.23. The Bertz CT molecular complexity index is 660. The number of ether oxygens (including phenoxy) is 2. The Labute approximate surface area is 166 Å². The SMILES string of the molecule is O=C(NC1CCN(CC2CCOC2)CC1)N1CCOC(c2cccc(F)c2)C1. The number of rotatable bonds is 4. The zero-order chi connectivity index (χ0) is 19.3. The van der Waals surface area contributed by atoms with Gasteiger partial charge in [-0.25, -0.2) is 9.18 Å². The zero-order valence-corrected chi connectivity index (χ0v) is 16.3. The normalized spacial score (nSPS) is 27.1. The molecule has 4 rings (SSSR count). The summed E-state index contributed by atoms with van der Waals surface area (Å²) < 4.78 is 24.7. The lowest BCUT2D eigenvalue weighted by atomic mass is 10.0. The number of likely N-dealkylation sites (tertiary alicyclic amines) is 1. The monoisotopic (exact) mass is 391 g/mol. The van der Waals surface area contributed by atoms with Crippen molar-refractivity contribution in [1.82, 2.24) is 15.1 Å². The second-order valence-corrected chi connectivity index (χ2v) is 8.11. The van der Waals surface area contributed by atoms with E-state index in [0.717, 1.165) is 51.3 Å². The summed E-state index contributed by atoms with van der Waals surface area (Å²) in [6.45, 7) is 6.43. The number of urea groups is 1. The minimum Gasteiger partial charge on any atom is -0.381 e. The van der Waals surface area contributed by atoms with E-state index in [2.05, 4.69) is 10.2 Å². The van der Waals surface area contributed by atoms with Crippen molar-refractivity contribution >= 4 is 6.03 Å². The van der Waals surface area contributed by atoms with Gasteiger partial charge in [0, 0.05) is 38.8 Å². The Morgan fingerprint density at radius 2 is 2.04 bits per heavy atom. The van der Waals surface area contributed by atoms with Gasteiger partial charge in [0.1, 0.15) is 11.9 Å². The summed E-state index contributed by atoms with van der Waals surface area (Å²) in [6.07, 6.45) is 2.86. The van der Waals surface area contributed by atoms with Crippen molar-refractivity contribution in [3.8, 4) is 0 Å². The molecule has 3 heterocycles.